The first-order valence-electron chi connectivity index (χ1n) is 12.8. The first-order valence-corrected chi connectivity index (χ1v) is 14.3. The molecule has 0 heterocycles. The third kappa shape index (κ3) is 24.0. The van der Waals surface area contributed by atoms with E-state index in [2.05, 4.69) is 55.5 Å². The van der Waals surface area contributed by atoms with Crippen LogP contribution in [-0.2, 0) is 23.1 Å². The van der Waals surface area contributed by atoms with Gasteiger partial charge in [-0.2, -0.15) is 0 Å². The second-order valence-corrected chi connectivity index (χ2v) is 10.8. The zero-order valence-electron chi connectivity index (χ0n) is 22.6. The molecular weight excluding hydrogens is 465 g/mol. The number of esters is 1. The fraction of sp³-hybridized carbons (Fsp3) is 0.667. The molecule has 0 aliphatic heterocycles. The Morgan fingerprint density at radius 3 is 2.00 bits per heavy atom. The minimum atomic E-state index is -4.16. The van der Waals surface area contributed by atoms with Gasteiger partial charge in [-0.1, -0.05) is 62.5 Å². The van der Waals surface area contributed by atoms with E-state index in [9.17, 15) is 14.3 Å². The number of carbonyl (C=O) groups is 1. The molecule has 0 aromatic carbocycles. The number of hydrogen-bond donors (Lipinski definition) is 1. The zero-order chi connectivity index (χ0) is 26.4. The summed E-state index contributed by atoms with van der Waals surface area (Å²) >= 11 is 0. The maximum atomic E-state index is 12.1. The first kappa shape index (κ1) is 33.5. The van der Waals surface area contributed by atoms with Crippen LogP contribution in [0.15, 0.2) is 48.6 Å². The van der Waals surface area contributed by atoms with Crippen LogP contribution < -0.4 is 0 Å². The molecular formula is C27H49NO6P+. The Hall–Kier alpha value is -1.50. The molecule has 2 atom stereocenters. The first-order chi connectivity index (χ1) is 16.6. The quantitative estimate of drug-likeness (QED) is 0.0618. The molecule has 0 amide bonds. The summed E-state index contributed by atoms with van der Waals surface area (Å²) in [5, 5.41) is 0. The number of nitrogens with zero attached hydrogens (tertiary/aromatic N) is 1. The molecule has 0 radical (unpaired) electrons. The fourth-order valence-corrected chi connectivity index (χ4v) is 3.50. The highest BCUT2D eigenvalue weighted by Crippen LogP contribution is 2.43. The van der Waals surface area contributed by atoms with Gasteiger partial charge in [-0.15, -0.1) is 0 Å². The average molecular weight is 515 g/mol. The van der Waals surface area contributed by atoms with Crippen LogP contribution in [0.4, 0.5) is 0 Å². The van der Waals surface area contributed by atoms with E-state index in [-0.39, 0.29) is 19.2 Å². The van der Waals surface area contributed by atoms with Crippen LogP contribution in [-0.4, -0.2) is 62.4 Å². The van der Waals surface area contributed by atoms with Gasteiger partial charge in [0, 0.05) is 6.42 Å². The number of hydrogen-bond acceptors (Lipinski definition) is 5. The van der Waals surface area contributed by atoms with Crippen molar-refractivity contribution in [2.24, 2.45) is 0 Å². The number of rotatable bonds is 21. The number of carbonyl (C=O) groups excluding carboxylic acids is 1. The van der Waals surface area contributed by atoms with Crippen molar-refractivity contribution in [3.05, 3.63) is 48.6 Å². The molecule has 8 heteroatoms. The minimum absolute atomic E-state index is 0.104. The number of likely N-dealkylation sites (N-methyl/N-ethyl adjacent to an activating group) is 1. The van der Waals surface area contributed by atoms with Crippen molar-refractivity contribution in [3.8, 4) is 0 Å². The van der Waals surface area contributed by atoms with Crippen LogP contribution in [0, 0.1) is 0 Å². The molecule has 0 fully saturated rings. The van der Waals surface area contributed by atoms with Gasteiger partial charge < -0.3 is 14.1 Å². The summed E-state index contributed by atoms with van der Waals surface area (Å²) in [4.78, 5) is 21.9. The second-order valence-electron chi connectivity index (χ2n) is 9.38. The van der Waals surface area contributed by atoms with Crippen LogP contribution in [0.1, 0.15) is 71.6 Å². The maximum absolute atomic E-state index is 12.1. The lowest BCUT2D eigenvalue weighted by atomic mass is 10.1. The molecule has 0 aliphatic rings. The molecule has 0 aromatic rings. The van der Waals surface area contributed by atoms with E-state index in [0.29, 0.717) is 23.9 Å². The Morgan fingerprint density at radius 2 is 1.46 bits per heavy atom. The largest absolute Gasteiger partial charge is 0.472 e. The van der Waals surface area contributed by atoms with Crippen molar-refractivity contribution in [1.29, 1.82) is 0 Å². The van der Waals surface area contributed by atoms with Crippen molar-refractivity contribution in [1.82, 2.24) is 0 Å². The van der Waals surface area contributed by atoms with Crippen molar-refractivity contribution in [3.63, 3.8) is 0 Å². The maximum Gasteiger partial charge on any atom is 0.472 e. The molecule has 2 unspecified atom stereocenters. The Balaban J connectivity index is 3.92. The van der Waals surface area contributed by atoms with Gasteiger partial charge in [0.1, 0.15) is 19.3 Å². The predicted molar refractivity (Wildman–Crippen MR) is 144 cm³/mol. The summed E-state index contributed by atoms with van der Waals surface area (Å²) < 4.78 is 28.0. The van der Waals surface area contributed by atoms with Gasteiger partial charge in [0.25, 0.3) is 0 Å². The Labute approximate surface area is 213 Å². The zero-order valence-corrected chi connectivity index (χ0v) is 23.5. The highest BCUT2D eigenvalue weighted by atomic mass is 31.2. The molecule has 0 spiro atoms. The van der Waals surface area contributed by atoms with Gasteiger partial charge in [0.15, 0.2) is 0 Å². The van der Waals surface area contributed by atoms with Crippen LogP contribution in [0.3, 0.4) is 0 Å². The number of phosphoric acid groups is 1. The third-order valence-corrected chi connectivity index (χ3v) is 5.90. The molecule has 35 heavy (non-hydrogen) atoms. The van der Waals surface area contributed by atoms with E-state index in [1.807, 2.05) is 28.1 Å². The summed E-state index contributed by atoms with van der Waals surface area (Å²) in [6.07, 6.45) is 24.1. The normalized spacial score (nSPS) is 15.5. The van der Waals surface area contributed by atoms with Crippen molar-refractivity contribution < 1.29 is 32.5 Å². The van der Waals surface area contributed by atoms with Gasteiger partial charge in [0.2, 0.25) is 0 Å². The molecule has 0 rings (SSSR count). The highest BCUT2D eigenvalue weighted by Gasteiger charge is 2.25. The van der Waals surface area contributed by atoms with Gasteiger partial charge in [-0.25, -0.2) is 4.57 Å². The SMILES string of the molecule is CC/C=C\C/C=C\C/C=C\C/C=C\CCCCC(=O)OC(CC)COP(=O)(O)OCC[N+](C)(C)C. The van der Waals surface area contributed by atoms with E-state index < -0.39 is 13.9 Å². The van der Waals surface area contributed by atoms with Crippen LogP contribution in [0.25, 0.3) is 0 Å². The second kappa shape index (κ2) is 20.7. The Bertz CT molecular complexity index is 709. The topological polar surface area (TPSA) is 82.1 Å². The lowest BCUT2D eigenvalue weighted by molar-refractivity contribution is -0.870. The van der Waals surface area contributed by atoms with E-state index in [1.165, 1.54) is 0 Å². The summed E-state index contributed by atoms with van der Waals surface area (Å²) in [5.74, 6) is -0.315. The molecule has 0 aliphatic carbocycles. The van der Waals surface area contributed by atoms with Crippen LogP contribution in [0.5, 0.6) is 0 Å². The number of quaternary nitrogens is 1. The van der Waals surface area contributed by atoms with E-state index in [1.54, 1.807) is 0 Å². The Kier molecular flexibility index (Phi) is 19.8. The molecule has 0 saturated carbocycles. The van der Waals surface area contributed by atoms with Crippen molar-refractivity contribution in [2.75, 3.05) is 40.9 Å². The lowest BCUT2D eigenvalue weighted by Gasteiger charge is -2.24. The van der Waals surface area contributed by atoms with Crippen molar-refractivity contribution in [2.45, 2.75) is 77.7 Å². The van der Waals surface area contributed by atoms with E-state index in [4.69, 9.17) is 13.8 Å². The monoisotopic (exact) mass is 514 g/mol. The van der Waals surface area contributed by atoms with E-state index in [0.717, 1.165) is 44.9 Å². The number of allylic oxidation sites excluding steroid dienone is 8. The molecule has 0 bridgehead atoms. The average Bonchev–Trinajstić information content (AvgIpc) is 2.78. The van der Waals surface area contributed by atoms with Crippen LogP contribution in [0.2, 0.25) is 0 Å². The van der Waals surface area contributed by atoms with Crippen LogP contribution >= 0.6 is 7.82 Å². The fourth-order valence-electron chi connectivity index (χ4n) is 2.75. The minimum Gasteiger partial charge on any atom is -0.460 e. The van der Waals surface area contributed by atoms with Gasteiger partial charge >= 0.3 is 13.8 Å². The van der Waals surface area contributed by atoms with Crippen molar-refractivity contribution >= 4 is 13.8 Å². The standard InChI is InChI=1S/C27H48NO6P/c1-6-8-9-10-11-12-13-14-15-16-17-18-19-20-21-22-27(29)34-26(7-2)25-33-35(30,31)32-24-23-28(3,4)5/h8-9,11-12,14-15,17-18,26H,6-7,10,13,16,19-25H2,1-5H3/p+1/b9-8-,12-11-,15-14-,18-17-. The number of ether oxygens (including phenoxy) is 1. The molecule has 0 saturated heterocycles. The number of phosphoric ester groups is 1. The summed E-state index contributed by atoms with van der Waals surface area (Å²) in [7, 11) is 1.72. The summed E-state index contributed by atoms with van der Waals surface area (Å²) in [5.41, 5.74) is 0. The molecule has 0 aromatic heterocycles. The Morgan fingerprint density at radius 1 is 0.886 bits per heavy atom. The lowest BCUT2D eigenvalue weighted by Crippen LogP contribution is -2.37. The smallest absolute Gasteiger partial charge is 0.460 e. The number of unbranched alkanes of at least 4 members (excludes halogenated alkanes) is 2. The highest BCUT2D eigenvalue weighted by molar-refractivity contribution is 7.47. The summed E-state index contributed by atoms with van der Waals surface area (Å²) in [6.45, 7) is 4.48. The molecule has 202 valence electrons. The molecule has 1 N–H and O–H groups in total. The van der Waals surface area contributed by atoms with Gasteiger partial charge in [-0.05, 0) is 51.4 Å². The predicted octanol–water partition coefficient (Wildman–Crippen LogP) is 6.51. The van der Waals surface area contributed by atoms with E-state index >= 15 is 0 Å². The van der Waals surface area contributed by atoms with Gasteiger partial charge in [0.05, 0.1) is 27.7 Å². The summed E-state index contributed by atoms with van der Waals surface area (Å²) in [6, 6.07) is 0. The third-order valence-electron chi connectivity index (χ3n) is 4.91. The van der Waals surface area contributed by atoms with Gasteiger partial charge in [-0.3, -0.25) is 13.8 Å². The molecule has 7 nitrogen and oxygen atoms in total.